The molecule has 0 aromatic carbocycles. The molecule has 1 radical (unpaired) electrons. The van der Waals surface area contributed by atoms with Crippen LogP contribution < -0.4 is 0 Å². The SMILES string of the molecule is CCC[C](F)C(C)C. The number of hydrogen-bond donors (Lipinski definition) is 0. The normalized spacial score (nSPS) is 11.2. The van der Waals surface area contributed by atoms with E-state index >= 15 is 0 Å². The van der Waals surface area contributed by atoms with Crippen molar-refractivity contribution >= 4 is 0 Å². The Morgan fingerprint density at radius 3 is 2.12 bits per heavy atom. The highest BCUT2D eigenvalue weighted by atomic mass is 19.1. The largest absolute Gasteiger partial charge is 0.240 e. The van der Waals surface area contributed by atoms with Crippen molar-refractivity contribution in [1.82, 2.24) is 0 Å². The summed E-state index contributed by atoms with van der Waals surface area (Å²) < 4.78 is 12.4. The fourth-order valence-electron chi connectivity index (χ4n) is 0.528. The molecule has 0 heterocycles. The smallest absolute Gasteiger partial charge is 0.147 e. The van der Waals surface area contributed by atoms with Gasteiger partial charge >= 0.3 is 0 Å². The van der Waals surface area contributed by atoms with Crippen LogP contribution in [0.5, 0.6) is 0 Å². The molecule has 0 fully saturated rings. The Bertz CT molecular complexity index is 50.3. The predicted octanol–water partition coefficient (Wildman–Crippen LogP) is 2.94. The monoisotopic (exact) mass is 117 g/mol. The minimum Gasteiger partial charge on any atom is -0.240 e. The minimum absolute atomic E-state index is 0.120. The first-order valence-corrected chi connectivity index (χ1v) is 3.19. The van der Waals surface area contributed by atoms with Gasteiger partial charge < -0.3 is 0 Å². The third-order valence-electron chi connectivity index (χ3n) is 1.12. The molecule has 0 rings (SSSR count). The molecule has 0 unspecified atom stereocenters. The van der Waals surface area contributed by atoms with E-state index in [9.17, 15) is 4.39 Å². The molecule has 0 amide bonds. The highest BCUT2D eigenvalue weighted by molar-refractivity contribution is 4.78. The van der Waals surface area contributed by atoms with Crippen molar-refractivity contribution in [2.24, 2.45) is 5.92 Å². The van der Waals surface area contributed by atoms with E-state index in [0.29, 0.717) is 6.42 Å². The summed E-state index contributed by atoms with van der Waals surface area (Å²) >= 11 is 0. The van der Waals surface area contributed by atoms with Crippen molar-refractivity contribution in [3.63, 3.8) is 0 Å². The molecule has 0 saturated heterocycles. The second kappa shape index (κ2) is 3.88. The van der Waals surface area contributed by atoms with Crippen LogP contribution in [-0.2, 0) is 0 Å². The first-order chi connectivity index (χ1) is 3.68. The van der Waals surface area contributed by atoms with Gasteiger partial charge in [0.05, 0.1) is 0 Å². The molecule has 0 saturated carbocycles. The Morgan fingerprint density at radius 2 is 2.00 bits per heavy atom. The van der Waals surface area contributed by atoms with Crippen molar-refractivity contribution in [3.05, 3.63) is 6.17 Å². The molecule has 0 aromatic heterocycles. The van der Waals surface area contributed by atoms with Crippen LogP contribution in [0.1, 0.15) is 33.6 Å². The Hall–Kier alpha value is -0.0700. The van der Waals surface area contributed by atoms with Gasteiger partial charge in [0.25, 0.3) is 0 Å². The van der Waals surface area contributed by atoms with Crippen LogP contribution in [0.15, 0.2) is 0 Å². The lowest BCUT2D eigenvalue weighted by molar-refractivity contribution is 0.366. The predicted molar refractivity (Wildman–Crippen MR) is 34.1 cm³/mol. The van der Waals surface area contributed by atoms with Crippen LogP contribution in [0.4, 0.5) is 4.39 Å². The third kappa shape index (κ3) is 3.00. The van der Waals surface area contributed by atoms with E-state index in [1.807, 2.05) is 20.8 Å². The molecule has 0 nitrogen and oxygen atoms in total. The van der Waals surface area contributed by atoms with Gasteiger partial charge in [0.2, 0.25) is 0 Å². The Morgan fingerprint density at radius 1 is 1.50 bits per heavy atom. The topological polar surface area (TPSA) is 0 Å². The van der Waals surface area contributed by atoms with Gasteiger partial charge in [-0.3, -0.25) is 0 Å². The molecular weight excluding hydrogens is 103 g/mol. The molecule has 0 aliphatic carbocycles. The van der Waals surface area contributed by atoms with Crippen molar-refractivity contribution in [3.8, 4) is 0 Å². The van der Waals surface area contributed by atoms with Crippen LogP contribution in [0.25, 0.3) is 0 Å². The van der Waals surface area contributed by atoms with Crippen molar-refractivity contribution in [2.75, 3.05) is 0 Å². The highest BCUT2D eigenvalue weighted by Gasteiger charge is 2.09. The standard InChI is InChI=1S/C7H14F/c1-4-5-7(8)6(2)3/h6H,4-5H2,1-3H3. The van der Waals surface area contributed by atoms with Crippen molar-refractivity contribution in [1.29, 1.82) is 0 Å². The van der Waals surface area contributed by atoms with Crippen LogP contribution >= 0.6 is 0 Å². The van der Waals surface area contributed by atoms with Crippen molar-refractivity contribution < 1.29 is 4.39 Å². The van der Waals surface area contributed by atoms with Gasteiger partial charge in [-0.25, -0.2) is 4.39 Å². The number of halogens is 1. The Labute approximate surface area is 51.1 Å². The lowest BCUT2D eigenvalue weighted by atomic mass is 10.1. The van der Waals surface area contributed by atoms with Gasteiger partial charge in [-0.2, -0.15) is 0 Å². The Balaban J connectivity index is 3.17. The maximum atomic E-state index is 12.4. The summed E-state index contributed by atoms with van der Waals surface area (Å²) in [6, 6.07) is 0. The molecule has 0 aliphatic heterocycles. The van der Waals surface area contributed by atoms with Gasteiger partial charge in [0.1, 0.15) is 6.17 Å². The number of hydrogen-bond acceptors (Lipinski definition) is 0. The van der Waals surface area contributed by atoms with E-state index in [1.54, 1.807) is 0 Å². The van der Waals surface area contributed by atoms with Gasteiger partial charge in [-0.05, 0) is 12.3 Å². The molecule has 0 bridgehead atoms. The fraction of sp³-hybridized carbons (Fsp3) is 0.857. The van der Waals surface area contributed by atoms with E-state index in [0.717, 1.165) is 6.42 Å². The summed E-state index contributed by atoms with van der Waals surface area (Å²) in [5.41, 5.74) is 0. The molecule has 49 valence electrons. The van der Waals surface area contributed by atoms with Crippen LogP contribution in [-0.4, -0.2) is 0 Å². The lowest BCUT2D eigenvalue weighted by Gasteiger charge is -2.06. The van der Waals surface area contributed by atoms with E-state index < -0.39 is 0 Å². The first kappa shape index (κ1) is 7.93. The van der Waals surface area contributed by atoms with Crippen LogP contribution in [0.3, 0.4) is 0 Å². The van der Waals surface area contributed by atoms with E-state index in [1.165, 1.54) is 0 Å². The second-order valence-electron chi connectivity index (χ2n) is 2.35. The second-order valence-corrected chi connectivity index (χ2v) is 2.35. The highest BCUT2D eigenvalue weighted by Crippen LogP contribution is 2.19. The zero-order valence-corrected chi connectivity index (χ0v) is 5.87. The molecule has 8 heavy (non-hydrogen) atoms. The van der Waals surface area contributed by atoms with Gasteiger partial charge in [-0.15, -0.1) is 0 Å². The average Bonchev–Trinajstić information content (AvgIpc) is 1.67. The third-order valence-corrected chi connectivity index (χ3v) is 1.12. The summed E-state index contributed by atoms with van der Waals surface area (Å²) in [4.78, 5) is 0. The van der Waals surface area contributed by atoms with E-state index in [-0.39, 0.29) is 12.1 Å². The lowest BCUT2D eigenvalue weighted by Crippen LogP contribution is -1.97. The Kier molecular flexibility index (Phi) is 3.84. The van der Waals surface area contributed by atoms with Crippen LogP contribution in [0, 0.1) is 12.1 Å². The maximum Gasteiger partial charge on any atom is 0.147 e. The molecule has 0 atom stereocenters. The van der Waals surface area contributed by atoms with E-state index in [2.05, 4.69) is 0 Å². The average molecular weight is 117 g/mol. The minimum atomic E-state index is 0.120. The summed E-state index contributed by atoms with van der Waals surface area (Å²) in [5.74, 6) is 0.120. The zero-order chi connectivity index (χ0) is 6.57. The van der Waals surface area contributed by atoms with Crippen LogP contribution in [0.2, 0.25) is 0 Å². The summed E-state index contributed by atoms with van der Waals surface area (Å²) in [7, 11) is 0. The van der Waals surface area contributed by atoms with Gasteiger partial charge in [0.15, 0.2) is 0 Å². The molecule has 0 aliphatic rings. The summed E-state index contributed by atoms with van der Waals surface area (Å²) in [5, 5.41) is 0. The quantitative estimate of drug-likeness (QED) is 0.533. The van der Waals surface area contributed by atoms with Gasteiger partial charge in [-0.1, -0.05) is 27.2 Å². The van der Waals surface area contributed by atoms with E-state index in [4.69, 9.17) is 0 Å². The molecule has 0 N–H and O–H groups in total. The molecule has 1 heteroatoms. The fourth-order valence-corrected chi connectivity index (χ4v) is 0.528. The van der Waals surface area contributed by atoms with Crippen molar-refractivity contribution in [2.45, 2.75) is 33.6 Å². The molecule has 0 aromatic rings. The van der Waals surface area contributed by atoms with Gasteiger partial charge in [0, 0.05) is 0 Å². The summed E-state index contributed by atoms with van der Waals surface area (Å²) in [6.45, 7) is 5.75. The zero-order valence-electron chi connectivity index (χ0n) is 5.87. The summed E-state index contributed by atoms with van der Waals surface area (Å²) in [6.07, 6.45) is 1.69. The number of rotatable bonds is 3. The maximum absolute atomic E-state index is 12.4. The molecule has 0 spiro atoms. The molecular formula is C7H14F. The first-order valence-electron chi connectivity index (χ1n) is 3.19.